The Balaban J connectivity index is 3.16. The van der Waals surface area contributed by atoms with Crippen molar-refractivity contribution in [3.63, 3.8) is 0 Å². The summed E-state index contributed by atoms with van der Waals surface area (Å²) in [5.41, 5.74) is 5.28. The fourth-order valence-electron chi connectivity index (χ4n) is 1.83. The minimum absolute atomic E-state index is 0.0564. The van der Waals surface area contributed by atoms with Crippen molar-refractivity contribution in [2.45, 2.75) is 37.6 Å². The Bertz CT molecular complexity index is 513. The average Bonchev–Trinajstić information content (AvgIpc) is 2.33. The van der Waals surface area contributed by atoms with Crippen molar-refractivity contribution in [2.75, 3.05) is 12.8 Å². The van der Waals surface area contributed by atoms with Crippen LogP contribution in [0.2, 0.25) is 0 Å². The number of nitrogens with two attached hydrogens (primary N) is 1. The lowest BCUT2D eigenvalue weighted by atomic mass is 10.2. The number of hydrogen-bond acceptors (Lipinski definition) is 3. The van der Waals surface area contributed by atoms with Gasteiger partial charge >= 0.3 is 0 Å². The summed E-state index contributed by atoms with van der Waals surface area (Å²) in [7, 11) is -2.15. The molecule has 4 nitrogen and oxygen atoms in total. The van der Waals surface area contributed by atoms with Crippen LogP contribution in [0.3, 0.4) is 0 Å². The Kier molecular flexibility index (Phi) is 4.70. The zero-order valence-corrected chi connectivity index (χ0v) is 11.7. The molecule has 0 spiro atoms. The minimum atomic E-state index is -3.66. The molecule has 0 atom stereocenters. The molecule has 102 valence electrons. The lowest BCUT2D eigenvalue weighted by Crippen LogP contribution is -2.36. The van der Waals surface area contributed by atoms with Crippen LogP contribution in [0.25, 0.3) is 0 Å². The van der Waals surface area contributed by atoms with Crippen molar-refractivity contribution >= 4 is 15.7 Å². The molecule has 0 fully saturated rings. The van der Waals surface area contributed by atoms with Crippen LogP contribution in [0.5, 0.6) is 0 Å². The molecule has 1 aromatic rings. The van der Waals surface area contributed by atoms with E-state index in [1.54, 1.807) is 0 Å². The monoisotopic (exact) mass is 274 g/mol. The number of rotatable bonds is 5. The maximum Gasteiger partial charge on any atom is 0.243 e. The molecule has 6 heteroatoms. The van der Waals surface area contributed by atoms with Crippen molar-refractivity contribution in [1.82, 2.24) is 4.31 Å². The number of halogens is 1. The van der Waals surface area contributed by atoms with Gasteiger partial charge in [0.1, 0.15) is 5.82 Å². The maximum absolute atomic E-state index is 13.3. The van der Waals surface area contributed by atoms with E-state index in [-0.39, 0.29) is 16.6 Å². The number of sulfonamides is 1. The van der Waals surface area contributed by atoms with Gasteiger partial charge in [0.05, 0.1) is 10.6 Å². The van der Waals surface area contributed by atoms with Crippen LogP contribution in [0.4, 0.5) is 10.1 Å². The highest BCUT2D eigenvalue weighted by Gasteiger charge is 2.26. The number of hydrogen-bond donors (Lipinski definition) is 1. The Hall–Kier alpha value is -1.14. The van der Waals surface area contributed by atoms with Crippen LogP contribution in [0.15, 0.2) is 23.1 Å². The fourth-order valence-corrected chi connectivity index (χ4v) is 3.35. The molecule has 2 N–H and O–H groups in total. The molecule has 0 aliphatic heterocycles. The topological polar surface area (TPSA) is 63.4 Å². The number of anilines is 1. The van der Waals surface area contributed by atoms with E-state index in [4.69, 9.17) is 5.73 Å². The second-order valence-corrected chi connectivity index (χ2v) is 6.17. The van der Waals surface area contributed by atoms with Crippen molar-refractivity contribution in [3.8, 4) is 0 Å². The van der Waals surface area contributed by atoms with Crippen LogP contribution in [-0.2, 0) is 10.0 Å². The summed E-state index contributed by atoms with van der Waals surface area (Å²) in [5, 5.41) is 0. The first-order chi connectivity index (χ1) is 8.34. The van der Waals surface area contributed by atoms with E-state index in [0.29, 0.717) is 12.8 Å². The maximum atomic E-state index is 13.3. The second-order valence-electron chi connectivity index (χ2n) is 4.17. The number of nitrogens with zero attached hydrogens (tertiary/aromatic N) is 1. The van der Waals surface area contributed by atoms with Crippen molar-refractivity contribution in [3.05, 3.63) is 24.0 Å². The first-order valence-electron chi connectivity index (χ1n) is 5.87. The van der Waals surface area contributed by atoms with E-state index in [2.05, 4.69) is 0 Å². The highest BCUT2D eigenvalue weighted by molar-refractivity contribution is 7.89. The van der Waals surface area contributed by atoms with Crippen LogP contribution in [0, 0.1) is 5.82 Å². The molecule has 0 bridgehead atoms. The predicted octanol–water partition coefficient (Wildman–Crippen LogP) is 2.22. The fraction of sp³-hybridized carbons (Fsp3) is 0.500. The molecule has 0 saturated carbocycles. The highest BCUT2D eigenvalue weighted by atomic mass is 32.2. The molecule has 0 heterocycles. The average molecular weight is 274 g/mol. The number of nitrogen functional groups attached to an aromatic ring is 1. The Morgan fingerprint density at radius 1 is 1.33 bits per heavy atom. The predicted molar refractivity (Wildman–Crippen MR) is 70.1 cm³/mol. The van der Waals surface area contributed by atoms with E-state index in [1.807, 2.05) is 13.8 Å². The van der Waals surface area contributed by atoms with Crippen molar-refractivity contribution in [1.29, 1.82) is 0 Å². The molecule has 0 saturated heterocycles. The van der Waals surface area contributed by atoms with Gasteiger partial charge in [-0.2, -0.15) is 4.31 Å². The minimum Gasteiger partial charge on any atom is -0.396 e. The SMILES string of the molecule is CCC(CC)N(C)S(=O)(=O)c1ccc(N)c(F)c1. The van der Waals surface area contributed by atoms with Gasteiger partial charge in [-0.1, -0.05) is 13.8 Å². The van der Waals surface area contributed by atoms with Crippen LogP contribution >= 0.6 is 0 Å². The van der Waals surface area contributed by atoms with E-state index in [1.165, 1.54) is 23.5 Å². The second kappa shape index (κ2) is 5.67. The molecular weight excluding hydrogens is 255 g/mol. The molecule has 1 aromatic carbocycles. The Morgan fingerprint density at radius 2 is 1.89 bits per heavy atom. The summed E-state index contributed by atoms with van der Waals surface area (Å²) in [6, 6.07) is 3.47. The van der Waals surface area contributed by atoms with Gasteiger partial charge in [0.25, 0.3) is 0 Å². The Morgan fingerprint density at radius 3 is 2.33 bits per heavy atom. The summed E-state index contributed by atoms with van der Waals surface area (Å²) < 4.78 is 39.2. The van der Waals surface area contributed by atoms with Gasteiger partial charge in [-0.3, -0.25) is 0 Å². The smallest absolute Gasteiger partial charge is 0.243 e. The van der Waals surface area contributed by atoms with Crippen molar-refractivity contribution < 1.29 is 12.8 Å². The van der Waals surface area contributed by atoms with E-state index < -0.39 is 15.8 Å². The molecule has 18 heavy (non-hydrogen) atoms. The zero-order valence-electron chi connectivity index (χ0n) is 10.9. The first-order valence-corrected chi connectivity index (χ1v) is 7.31. The van der Waals surface area contributed by atoms with Gasteiger partial charge in [0.2, 0.25) is 10.0 Å². The standard InChI is InChI=1S/C12H19FN2O2S/c1-4-9(5-2)15(3)18(16,17)10-6-7-12(14)11(13)8-10/h6-9H,4-5,14H2,1-3H3. The zero-order chi connectivity index (χ0) is 13.9. The lowest BCUT2D eigenvalue weighted by Gasteiger charge is -2.25. The molecular formula is C12H19FN2O2S. The summed E-state index contributed by atoms with van der Waals surface area (Å²) in [5.74, 6) is -0.714. The third-order valence-corrected chi connectivity index (χ3v) is 5.01. The van der Waals surface area contributed by atoms with Crippen LogP contribution in [-0.4, -0.2) is 25.8 Å². The highest BCUT2D eigenvalue weighted by Crippen LogP contribution is 2.22. The largest absolute Gasteiger partial charge is 0.396 e. The Labute approximate surface area is 108 Å². The van der Waals surface area contributed by atoms with E-state index in [0.717, 1.165) is 6.07 Å². The molecule has 0 unspecified atom stereocenters. The van der Waals surface area contributed by atoms with Gasteiger partial charge in [-0.05, 0) is 31.0 Å². The summed E-state index contributed by atoms with van der Waals surface area (Å²) in [4.78, 5) is -0.0661. The molecule has 0 amide bonds. The van der Waals surface area contributed by atoms with Gasteiger partial charge in [0, 0.05) is 13.1 Å². The summed E-state index contributed by atoms with van der Waals surface area (Å²) in [6.07, 6.45) is 1.42. The normalized spacial score (nSPS) is 12.3. The molecule has 0 aliphatic carbocycles. The number of benzene rings is 1. The van der Waals surface area contributed by atoms with Gasteiger partial charge < -0.3 is 5.73 Å². The molecule has 0 aliphatic rings. The summed E-state index contributed by atoms with van der Waals surface area (Å²) in [6.45, 7) is 3.84. The van der Waals surface area contributed by atoms with Gasteiger partial charge in [0.15, 0.2) is 0 Å². The third-order valence-electron chi connectivity index (χ3n) is 3.11. The third kappa shape index (κ3) is 2.81. The van der Waals surface area contributed by atoms with E-state index in [9.17, 15) is 12.8 Å². The first kappa shape index (κ1) is 14.9. The van der Waals surface area contributed by atoms with Gasteiger partial charge in [-0.25, -0.2) is 12.8 Å². The van der Waals surface area contributed by atoms with Crippen molar-refractivity contribution in [2.24, 2.45) is 0 Å². The van der Waals surface area contributed by atoms with E-state index >= 15 is 0 Å². The summed E-state index contributed by atoms with van der Waals surface area (Å²) >= 11 is 0. The van der Waals surface area contributed by atoms with Crippen LogP contribution in [0.1, 0.15) is 26.7 Å². The van der Waals surface area contributed by atoms with Crippen LogP contribution < -0.4 is 5.73 Å². The molecule has 1 rings (SSSR count). The quantitative estimate of drug-likeness (QED) is 0.837. The van der Waals surface area contributed by atoms with Gasteiger partial charge in [-0.15, -0.1) is 0 Å². The molecule has 0 aromatic heterocycles. The lowest BCUT2D eigenvalue weighted by molar-refractivity contribution is 0.349. The molecule has 0 radical (unpaired) electrons.